The SMILES string of the molecule is COc1nccc(N(C)C)c1NC1CSCCC1(C)C. The number of hydrogen-bond donors (Lipinski definition) is 1. The number of anilines is 2. The first-order valence-corrected chi connectivity index (χ1v) is 8.16. The van der Waals surface area contributed by atoms with Crippen LogP contribution in [0.15, 0.2) is 12.3 Å². The Morgan fingerprint density at radius 2 is 2.20 bits per heavy atom. The van der Waals surface area contributed by atoms with Gasteiger partial charge >= 0.3 is 0 Å². The topological polar surface area (TPSA) is 37.4 Å². The molecule has 1 fully saturated rings. The van der Waals surface area contributed by atoms with Gasteiger partial charge in [0.15, 0.2) is 0 Å². The Morgan fingerprint density at radius 1 is 1.45 bits per heavy atom. The van der Waals surface area contributed by atoms with E-state index in [9.17, 15) is 0 Å². The summed E-state index contributed by atoms with van der Waals surface area (Å²) in [5.41, 5.74) is 2.40. The largest absolute Gasteiger partial charge is 0.479 e. The fourth-order valence-electron chi connectivity index (χ4n) is 2.44. The first kappa shape index (κ1) is 15.3. The van der Waals surface area contributed by atoms with Crippen LogP contribution in [0.1, 0.15) is 20.3 Å². The zero-order valence-corrected chi connectivity index (χ0v) is 13.9. The Bertz CT molecular complexity index is 462. The van der Waals surface area contributed by atoms with Crippen LogP contribution in [-0.4, -0.2) is 43.7 Å². The highest BCUT2D eigenvalue weighted by atomic mass is 32.2. The molecule has 1 N–H and O–H groups in total. The zero-order chi connectivity index (χ0) is 14.8. The van der Waals surface area contributed by atoms with E-state index >= 15 is 0 Å². The normalized spacial score (nSPS) is 21.4. The summed E-state index contributed by atoms with van der Waals surface area (Å²) in [6.07, 6.45) is 3.02. The molecule has 1 aromatic rings. The van der Waals surface area contributed by atoms with E-state index in [-0.39, 0.29) is 5.41 Å². The number of aromatic nitrogens is 1. The van der Waals surface area contributed by atoms with Crippen molar-refractivity contribution >= 4 is 23.1 Å². The lowest BCUT2D eigenvalue weighted by Crippen LogP contribution is -2.42. The molecule has 1 aliphatic rings. The molecule has 1 atom stereocenters. The zero-order valence-electron chi connectivity index (χ0n) is 13.1. The standard InChI is InChI=1S/C15H25N3OS/c1-15(2)7-9-20-10-12(15)17-13-11(18(3)4)6-8-16-14(13)19-5/h6,8,12,17H,7,9-10H2,1-5H3. The predicted molar refractivity (Wildman–Crippen MR) is 88.2 cm³/mol. The second-order valence-electron chi connectivity index (χ2n) is 6.12. The summed E-state index contributed by atoms with van der Waals surface area (Å²) in [6.45, 7) is 4.67. The van der Waals surface area contributed by atoms with Crippen molar-refractivity contribution in [1.82, 2.24) is 4.98 Å². The number of hydrogen-bond acceptors (Lipinski definition) is 5. The number of nitrogens with zero attached hydrogens (tertiary/aromatic N) is 2. The first-order valence-electron chi connectivity index (χ1n) is 7.00. The maximum Gasteiger partial charge on any atom is 0.239 e. The Hall–Kier alpha value is -1.10. The van der Waals surface area contributed by atoms with Crippen LogP contribution in [0.5, 0.6) is 5.88 Å². The highest BCUT2D eigenvalue weighted by Gasteiger charge is 2.33. The number of ether oxygens (including phenoxy) is 1. The molecule has 2 rings (SSSR count). The molecule has 5 heteroatoms. The Morgan fingerprint density at radius 3 is 2.80 bits per heavy atom. The summed E-state index contributed by atoms with van der Waals surface area (Å²) in [4.78, 5) is 6.43. The molecular weight excluding hydrogens is 270 g/mol. The van der Waals surface area contributed by atoms with Crippen molar-refractivity contribution in [3.63, 3.8) is 0 Å². The van der Waals surface area contributed by atoms with Crippen molar-refractivity contribution in [2.75, 3.05) is 42.9 Å². The Labute approximate surface area is 126 Å². The number of nitrogens with one attached hydrogen (secondary N) is 1. The van der Waals surface area contributed by atoms with Crippen molar-refractivity contribution in [3.8, 4) is 5.88 Å². The fourth-order valence-corrected chi connectivity index (χ4v) is 4.05. The molecular formula is C15H25N3OS. The second kappa shape index (κ2) is 6.12. The average molecular weight is 295 g/mol. The third kappa shape index (κ3) is 3.14. The lowest BCUT2D eigenvalue weighted by Gasteiger charge is -2.40. The van der Waals surface area contributed by atoms with Crippen molar-refractivity contribution in [2.45, 2.75) is 26.3 Å². The average Bonchev–Trinajstić information content (AvgIpc) is 2.40. The Balaban J connectivity index is 2.31. The summed E-state index contributed by atoms with van der Waals surface area (Å²) >= 11 is 2.01. The van der Waals surface area contributed by atoms with Gasteiger partial charge in [0.05, 0.1) is 12.8 Å². The number of rotatable bonds is 4. The van der Waals surface area contributed by atoms with Crippen LogP contribution in [0, 0.1) is 5.41 Å². The van der Waals surface area contributed by atoms with Gasteiger partial charge in [0.25, 0.3) is 0 Å². The molecule has 2 heterocycles. The first-order chi connectivity index (χ1) is 9.45. The predicted octanol–water partition coefficient (Wildman–Crippen LogP) is 3.10. The molecule has 20 heavy (non-hydrogen) atoms. The summed E-state index contributed by atoms with van der Waals surface area (Å²) in [5.74, 6) is 3.04. The molecule has 1 saturated heterocycles. The molecule has 0 radical (unpaired) electrons. The van der Waals surface area contributed by atoms with E-state index in [0.29, 0.717) is 11.9 Å². The molecule has 0 saturated carbocycles. The van der Waals surface area contributed by atoms with Gasteiger partial charge in [-0.05, 0) is 23.7 Å². The minimum atomic E-state index is 0.287. The van der Waals surface area contributed by atoms with Crippen molar-refractivity contribution in [2.24, 2.45) is 5.41 Å². The number of pyridine rings is 1. The molecule has 0 bridgehead atoms. The van der Waals surface area contributed by atoms with Crippen molar-refractivity contribution < 1.29 is 4.74 Å². The lowest BCUT2D eigenvalue weighted by atomic mass is 9.82. The molecule has 1 unspecified atom stereocenters. The summed E-state index contributed by atoms with van der Waals surface area (Å²) in [6, 6.07) is 2.45. The minimum Gasteiger partial charge on any atom is -0.479 e. The smallest absolute Gasteiger partial charge is 0.239 e. The molecule has 4 nitrogen and oxygen atoms in total. The van der Waals surface area contributed by atoms with Crippen LogP contribution in [0.4, 0.5) is 11.4 Å². The van der Waals surface area contributed by atoms with E-state index in [1.54, 1.807) is 13.3 Å². The van der Waals surface area contributed by atoms with Crippen LogP contribution < -0.4 is 15.0 Å². The third-order valence-corrected chi connectivity index (χ3v) is 5.07. The van der Waals surface area contributed by atoms with Gasteiger partial charge in [-0.15, -0.1) is 0 Å². The van der Waals surface area contributed by atoms with Crippen LogP contribution in [-0.2, 0) is 0 Å². The van der Waals surface area contributed by atoms with Gasteiger partial charge < -0.3 is 15.0 Å². The quantitative estimate of drug-likeness (QED) is 0.924. The highest BCUT2D eigenvalue weighted by molar-refractivity contribution is 7.99. The molecule has 0 spiro atoms. The van der Waals surface area contributed by atoms with Gasteiger partial charge in [-0.25, -0.2) is 4.98 Å². The van der Waals surface area contributed by atoms with Crippen LogP contribution in [0.3, 0.4) is 0 Å². The van der Waals surface area contributed by atoms with Crippen molar-refractivity contribution in [3.05, 3.63) is 12.3 Å². The lowest BCUT2D eigenvalue weighted by molar-refractivity contribution is 0.304. The van der Waals surface area contributed by atoms with E-state index in [4.69, 9.17) is 4.74 Å². The summed E-state index contributed by atoms with van der Waals surface area (Å²) < 4.78 is 5.44. The minimum absolute atomic E-state index is 0.287. The van der Waals surface area contributed by atoms with Gasteiger partial charge in [0.2, 0.25) is 5.88 Å². The second-order valence-corrected chi connectivity index (χ2v) is 7.27. The Kier molecular flexibility index (Phi) is 4.68. The van der Waals surface area contributed by atoms with Gasteiger partial charge in [-0.1, -0.05) is 13.8 Å². The molecule has 1 aromatic heterocycles. The molecule has 0 amide bonds. The summed E-state index contributed by atoms with van der Waals surface area (Å²) in [5, 5.41) is 3.69. The van der Waals surface area contributed by atoms with Gasteiger partial charge in [-0.3, -0.25) is 0 Å². The molecule has 1 aliphatic heterocycles. The van der Waals surface area contributed by atoms with Gasteiger partial charge in [0.1, 0.15) is 5.69 Å². The van der Waals surface area contributed by atoms with Crippen LogP contribution in [0.2, 0.25) is 0 Å². The maximum absolute atomic E-state index is 5.44. The van der Waals surface area contributed by atoms with Gasteiger partial charge in [0, 0.05) is 32.1 Å². The van der Waals surface area contributed by atoms with E-state index in [0.717, 1.165) is 17.1 Å². The van der Waals surface area contributed by atoms with E-state index in [1.165, 1.54) is 12.2 Å². The molecule has 0 aromatic carbocycles. The monoisotopic (exact) mass is 295 g/mol. The van der Waals surface area contributed by atoms with E-state index in [2.05, 4.69) is 29.0 Å². The summed E-state index contributed by atoms with van der Waals surface area (Å²) in [7, 11) is 5.76. The third-order valence-electron chi connectivity index (χ3n) is 4.01. The highest BCUT2D eigenvalue weighted by Crippen LogP contribution is 2.40. The molecule has 112 valence electrons. The fraction of sp³-hybridized carbons (Fsp3) is 0.667. The molecule has 0 aliphatic carbocycles. The number of thioether (sulfide) groups is 1. The van der Waals surface area contributed by atoms with Crippen LogP contribution in [0.25, 0.3) is 0 Å². The van der Waals surface area contributed by atoms with E-state index in [1.807, 2.05) is 31.9 Å². The van der Waals surface area contributed by atoms with Crippen molar-refractivity contribution in [1.29, 1.82) is 0 Å². The van der Waals surface area contributed by atoms with Gasteiger partial charge in [-0.2, -0.15) is 11.8 Å². The van der Waals surface area contributed by atoms with Crippen LogP contribution >= 0.6 is 11.8 Å². The maximum atomic E-state index is 5.44. The van der Waals surface area contributed by atoms with E-state index < -0.39 is 0 Å². The number of methoxy groups -OCH3 is 1.